The minimum Gasteiger partial charge on any atom is -0.333 e. The van der Waals surface area contributed by atoms with E-state index in [-0.39, 0.29) is 23.8 Å². The van der Waals surface area contributed by atoms with Crippen LogP contribution >= 0.6 is 0 Å². The highest BCUT2D eigenvalue weighted by Gasteiger charge is 2.29. The number of amides is 2. The molecule has 0 aliphatic carbocycles. The summed E-state index contributed by atoms with van der Waals surface area (Å²) < 4.78 is 1.75. The second-order valence-electron chi connectivity index (χ2n) is 9.79. The standard InChI is InChI=1S/C24H36N4O2/c1-8-9-15-27(22(30)24(5,6)7)17-21(29)25-20-16-19(23(2,3)4)26-28(20)18-13-11-10-12-14-18/h10-14,16H,8-9,15,17H2,1-7H3,(H,25,29). The first kappa shape index (κ1) is 23.6. The molecule has 1 aromatic carbocycles. The van der Waals surface area contributed by atoms with Gasteiger partial charge in [0, 0.05) is 23.4 Å². The zero-order valence-electron chi connectivity index (χ0n) is 19.5. The fourth-order valence-corrected chi connectivity index (χ4v) is 3.03. The van der Waals surface area contributed by atoms with Crippen LogP contribution in [0.25, 0.3) is 5.69 Å². The third kappa shape index (κ3) is 6.18. The predicted octanol–water partition coefficient (Wildman–Crippen LogP) is 4.78. The molecule has 6 heteroatoms. The van der Waals surface area contributed by atoms with Gasteiger partial charge in [-0.15, -0.1) is 0 Å². The molecule has 0 aliphatic rings. The first-order valence-electron chi connectivity index (χ1n) is 10.7. The van der Waals surface area contributed by atoms with Crippen molar-refractivity contribution in [2.75, 3.05) is 18.4 Å². The third-order valence-electron chi connectivity index (χ3n) is 4.79. The molecule has 0 fully saturated rings. The van der Waals surface area contributed by atoms with Gasteiger partial charge in [0.25, 0.3) is 0 Å². The molecular weight excluding hydrogens is 376 g/mol. The van der Waals surface area contributed by atoms with Gasteiger partial charge in [-0.25, -0.2) is 4.68 Å². The van der Waals surface area contributed by atoms with Crippen molar-refractivity contribution in [2.24, 2.45) is 5.41 Å². The number of para-hydroxylation sites is 1. The molecule has 0 radical (unpaired) electrons. The van der Waals surface area contributed by atoms with Crippen molar-refractivity contribution in [1.29, 1.82) is 0 Å². The number of unbranched alkanes of at least 4 members (excludes halogenated alkanes) is 1. The Labute approximate surface area is 180 Å². The first-order chi connectivity index (χ1) is 13.9. The fourth-order valence-electron chi connectivity index (χ4n) is 3.03. The SMILES string of the molecule is CCCCN(CC(=O)Nc1cc(C(C)(C)C)nn1-c1ccccc1)C(=O)C(C)(C)C. The summed E-state index contributed by atoms with van der Waals surface area (Å²) >= 11 is 0. The summed E-state index contributed by atoms with van der Waals surface area (Å²) in [5.41, 5.74) is 1.07. The Bertz CT molecular complexity index is 858. The van der Waals surface area contributed by atoms with Gasteiger partial charge >= 0.3 is 0 Å². The number of hydrogen-bond acceptors (Lipinski definition) is 3. The van der Waals surface area contributed by atoms with Crippen LogP contribution < -0.4 is 5.32 Å². The van der Waals surface area contributed by atoms with Crippen LogP contribution in [-0.2, 0) is 15.0 Å². The van der Waals surface area contributed by atoms with E-state index in [9.17, 15) is 9.59 Å². The molecule has 1 aromatic heterocycles. The van der Waals surface area contributed by atoms with E-state index < -0.39 is 5.41 Å². The monoisotopic (exact) mass is 412 g/mol. The summed E-state index contributed by atoms with van der Waals surface area (Å²) in [7, 11) is 0. The highest BCUT2D eigenvalue weighted by atomic mass is 16.2. The number of carbonyl (C=O) groups excluding carboxylic acids is 2. The Hall–Kier alpha value is -2.63. The van der Waals surface area contributed by atoms with E-state index in [0.29, 0.717) is 12.4 Å². The summed E-state index contributed by atoms with van der Waals surface area (Å²) in [5.74, 6) is 0.370. The van der Waals surface area contributed by atoms with Crippen molar-refractivity contribution >= 4 is 17.6 Å². The highest BCUT2D eigenvalue weighted by molar-refractivity contribution is 5.95. The molecule has 0 spiro atoms. The van der Waals surface area contributed by atoms with Gasteiger partial charge in [-0.3, -0.25) is 9.59 Å². The van der Waals surface area contributed by atoms with E-state index in [1.54, 1.807) is 9.58 Å². The maximum absolute atomic E-state index is 12.9. The Kier molecular flexibility index (Phi) is 7.45. The number of benzene rings is 1. The third-order valence-corrected chi connectivity index (χ3v) is 4.79. The number of rotatable bonds is 7. The molecule has 2 amide bonds. The zero-order chi connectivity index (χ0) is 22.5. The van der Waals surface area contributed by atoms with E-state index in [2.05, 4.69) is 33.0 Å². The second-order valence-corrected chi connectivity index (χ2v) is 9.79. The summed E-state index contributed by atoms with van der Waals surface area (Å²) in [5, 5.41) is 7.71. The highest BCUT2D eigenvalue weighted by Crippen LogP contribution is 2.26. The molecule has 0 saturated carbocycles. The normalized spacial score (nSPS) is 12.0. The minimum absolute atomic E-state index is 0.0157. The summed E-state index contributed by atoms with van der Waals surface area (Å²) in [4.78, 5) is 27.4. The molecular formula is C24H36N4O2. The van der Waals surface area contributed by atoms with Crippen molar-refractivity contribution in [3.8, 4) is 5.69 Å². The maximum Gasteiger partial charge on any atom is 0.245 e. The van der Waals surface area contributed by atoms with Crippen molar-refractivity contribution in [2.45, 2.75) is 66.7 Å². The lowest BCUT2D eigenvalue weighted by Crippen LogP contribution is -2.44. The summed E-state index contributed by atoms with van der Waals surface area (Å²) in [6, 6.07) is 11.6. The number of nitrogens with one attached hydrogen (secondary N) is 1. The predicted molar refractivity (Wildman–Crippen MR) is 122 cm³/mol. The van der Waals surface area contributed by atoms with Crippen LogP contribution in [0.2, 0.25) is 0 Å². The van der Waals surface area contributed by atoms with Crippen molar-refractivity contribution in [3.63, 3.8) is 0 Å². The summed E-state index contributed by atoms with van der Waals surface area (Å²) in [6.07, 6.45) is 1.83. The lowest BCUT2D eigenvalue weighted by Gasteiger charge is -2.29. The van der Waals surface area contributed by atoms with Gasteiger partial charge in [-0.1, -0.05) is 73.1 Å². The minimum atomic E-state index is -0.529. The van der Waals surface area contributed by atoms with Gasteiger partial charge in [0.15, 0.2) is 0 Å². The summed E-state index contributed by atoms with van der Waals surface area (Å²) in [6.45, 7) is 14.6. The van der Waals surface area contributed by atoms with Gasteiger partial charge in [-0.05, 0) is 18.6 Å². The second kappa shape index (κ2) is 9.45. The molecule has 1 heterocycles. The lowest BCUT2D eigenvalue weighted by atomic mass is 9.92. The lowest BCUT2D eigenvalue weighted by molar-refractivity contribution is -0.141. The van der Waals surface area contributed by atoms with Crippen LogP contribution in [0.4, 0.5) is 5.82 Å². The number of carbonyl (C=O) groups is 2. The largest absolute Gasteiger partial charge is 0.333 e. The molecule has 0 aliphatic heterocycles. The Morgan fingerprint density at radius 2 is 1.70 bits per heavy atom. The molecule has 164 valence electrons. The van der Waals surface area contributed by atoms with Crippen LogP contribution in [0.3, 0.4) is 0 Å². The zero-order valence-corrected chi connectivity index (χ0v) is 19.5. The van der Waals surface area contributed by atoms with E-state index in [0.717, 1.165) is 24.2 Å². The Morgan fingerprint density at radius 3 is 2.23 bits per heavy atom. The number of nitrogens with zero attached hydrogens (tertiary/aromatic N) is 3. The molecule has 0 bridgehead atoms. The molecule has 6 nitrogen and oxygen atoms in total. The Balaban J connectivity index is 2.28. The average Bonchev–Trinajstić information content (AvgIpc) is 3.08. The van der Waals surface area contributed by atoms with Gasteiger partial charge in [0.2, 0.25) is 11.8 Å². The van der Waals surface area contributed by atoms with Crippen LogP contribution in [0.15, 0.2) is 36.4 Å². The number of hydrogen-bond donors (Lipinski definition) is 1. The van der Waals surface area contributed by atoms with Gasteiger partial charge in [0.05, 0.1) is 17.9 Å². The quantitative estimate of drug-likeness (QED) is 0.711. The first-order valence-corrected chi connectivity index (χ1v) is 10.7. The molecule has 30 heavy (non-hydrogen) atoms. The van der Waals surface area contributed by atoms with Crippen molar-refractivity contribution in [3.05, 3.63) is 42.1 Å². The number of aromatic nitrogens is 2. The molecule has 2 rings (SSSR count). The van der Waals surface area contributed by atoms with E-state index in [4.69, 9.17) is 5.10 Å². The molecule has 0 saturated heterocycles. The van der Waals surface area contributed by atoms with Crippen LogP contribution in [0.1, 0.15) is 67.0 Å². The van der Waals surface area contributed by atoms with Gasteiger partial charge in [-0.2, -0.15) is 5.10 Å². The Morgan fingerprint density at radius 1 is 1.07 bits per heavy atom. The van der Waals surface area contributed by atoms with Crippen molar-refractivity contribution in [1.82, 2.24) is 14.7 Å². The van der Waals surface area contributed by atoms with E-state index in [1.165, 1.54) is 0 Å². The van der Waals surface area contributed by atoms with Gasteiger partial charge < -0.3 is 10.2 Å². The van der Waals surface area contributed by atoms with Gasteiger partial charge in [0.1, 0.15) is 5.82 Å². The smallest absolute Gasteiger partial charge is 0.245 e. The van der Waals surface area contributed by atoms with Crippen molar-refractivity contribution < 1.29 is 9.59 Å². The van der Waals surface area contributed by atoms with Crippen LogP contribution in [-0.4, -0.2) is 39.6 Å². The van der Waals surface area contributed by atoms with Crippen LogP contribution in [0, 0.1) is 5.41 Å². The molecule has 0 unspecified atom stereocenters. The maximum atomic E-state index is 12.9. The number of anilines is 1. The fraction of sp³-hybridized carbons (Fsp3) is 0.542. The van der Waals surface area contributed by atoms with E-state index in [1.807, 2.05) is 57.2 Å². The molecule has 2 aromatic rings. The van der Waals surface area contributed by atoms with Crippen LogP contribution in [0.5, 0.6) is 0 Å². The molecule has 0 atom stereocenters. The van der Waals surface area contributed by atoms with E-state index >= 15 is 0 Å². The average molecular weight is 413 g/mol. The molecule has 1 N–H and O–H groups in total. The topological polar surface area (TPSA) is 67.2 Å².